The molecule has 6 heteroatoms. The molecule has 2 fully saturated rings. The van der Waals surface area contributed by atoms with Crippen molar-refractivity contribution in [2.75, 3.05) is 13.1 Å². The number of likely N-dealkylation sites (tertiary alicyclic amines) is 1. The molecule has 0 bridgehead atoms. The average molecular weight is 440 g/mol. The third-order valence-electron chi connectivity index (χ3n) is 8.28. The minimum Gasteiger partial charge on any atom is -0.392 e. The maximum atomic E-state index is 13.1. The van der Waals surface area contributed by atoms with Crippen LogP contribution in [0.5, 0.6) is 0 Å². The molecule has 5 rings (SSSR count). The van der Waals surface area contributed by atoms with Crippen LogP contribution in [0.3, 0.4) is 0 Å². The van der Waals surface area contributed by atoms with Crippen LogP contribution in [0, 0.1) is 23.2 Å². The third kappa shape index (κ3) is 3.52. The molecular weight excluding hydrogens is 406 g/mol. The average Bonchev–Trinajstić information content (AvgIpc) is 3.43. The lowest BCUT2D eigenvalue weighted by molar-refractivity contribution is -0.143. The number of aliphatic hydroxyl groups is 1. The van der Waals surface area contributed by atoms with Crippen LogP contribution in [-0.4, -0.2) is 45.1 Å². The SMILES string of the molecule is C[C@H](C(=O)N1CCCC1)[C@@H]1CC[C@@]2(C)Cc3sc(-c4cccnc4)nc3[C@@H](C)[C@@H]2[C@H]1O. The van der Waals surface area contributed by atoms with Gasteiger partial charge in [0.1, 0.15) is 5.01 Å². The number of carbonyl (C=O) groups is 1. The molecule has 6 atom stereocenters. The van der Waals surface area contributed by atoms with Crippen LogP contribution in [0.25, 0.3) is 10.6 Å². The number of amides is 1. The van der Waals surface area contributed by atoms with Gasteiger partial charge in [0.15, 0.2) is 0 Å². The monoisotopic (exact) mass is 439 g/mol. The molecule has 2 aromatic rings. The molecule has 1 saturated carbocycles. The van der Waals surface area contributed by atoms with E-state index in [2.05, 4.69) is 24.9 Å². The lowest BCUT2D eigenvalue weighted by atomic mass is 9.53. The van der Waals surface area contributed by atoms with Gasteiger partial charge in [-0.1, -0.05) is 20.8 Å². The van der Waals surface area contributed by atoms with Crippen LogP contribution in [0.4, 0.5) is 0 Å². The zero-order valence-corrected chi connectivity index (χ0v) is 19.6. The number of hydrogen-bond donors (Lipinski definition) is 1. The summed E-state index contributed by atoms with van der Waals surface area (Å²) in [4.78, 5) is 25.7. The second kappa shape index (κ2) is 7.96. The highest BCUT2D eigenvalue weighted by molar-refractivity contribution is 7.15. The van der Waals surface area contributed by atoms with Crippen LogP contribution in [0.15, 0.2) is 24.5 Å². The van der Waals surface area contributed by atoms with Gasteiger partial charge in [-0.15, -0.1) is 11.3 Å². The van der Waals surface area contributed by atoms with Crippen molar-refractivity contribution in [3.8, 4) is 10.6 Å². The molecule has 1 N–H and O–H groups in total. The van der Waals surface area contributed by atoms with Crippen molar-refractivity contribution in [1.29, 1.82) is 0 Å². The van der Waals surface area contributed by atoms with Crippen LogP contribution in [-0.2, 0) is 11.2 Å². The molecule has 2 aromatic heterocycles. The van der Waals surface area contributed by atoms with E-state index in [1.807, 2.05) is 24.1 Å². The van der Waals surface area contributed by atoms with E-state index in [1.165, 1.54) is 4.88 Å². The van der Waals surface area contributed by atoms with E-state index in [0.717, 1.165) is 61.5 Å². The number of fused-ring (bicyclic) bond motifs is 2. The fraction of sp³-hybridized carbons (Fsp3) is 0.640. The fourth-order valence-corrected chi connectivity index (χ4v) is 7.92. The van der Waals surface area contributed by atoms with Crippen LogP contribution in [0.1, 0.15) is 62.9 Å². The maximum absolute atomic E-state index is 13.1. The number of aromatic nitrogens is 2. The summed E-state index contributed by atoms with van der Waals surface area (Å²) < 4.78 is 0. The predicted octanol–water partition coefficient (Wildman–Crippen LogP) is 4.52. The van der Waals surface area contributed by atoms with E-state index >= 15 is 0 Å². The van der Waals surface area contributed by atoms with E-state index in [1.54, 1.807) is 17.5 Å². The highest BCUT2D eigenvalue weighted by atomic mass is 32.1. The number of nitrogens with zero attached hydrogens (tertiary/aromatic N) is 3. The maximum Gasteiger partial charge on any atom is 0.225 e. The quantitative estimate of drug-likeness (QED) is 0.764. The molecule has 2 aliphatic carbocycles. The Balaban J connectivity index is 1.42. The number of thiazole rings is 1. The van der Waals surface area contributed by atoms with Crippen LogP contribution >= 0.6 is 11.3 Å². The zero-order valence-electron chi connectivity index (χ0n) is 18.8. The molecule has 0 aromatic carbocycles. The van der Waals surface area contributed by atoms with Crippen LogP contribution < -0.4 is 0 Å². The molecule has 1 saturated heterocycles. The Hall–Kier alpha value is -1.79. The van der Waals surface area contributed by atoms with Gasteiger partial charge >= 0.3 is 0 Å². The number of rotatable bonds is 3. The predicted molar refractivity (Wildman–Crippen MR) is 123 cm³/mol. The molecular formula is C25H33N3O2S. The summed E-state index contributed by atoms with van der Waals surface area (Å²) in [6, 6.07) is 4.01. The zero-order chi connectivity index (χ0) is 21.8. The third-order valence-corrected chi connectivity index (χ3v) is 9.40. The van der Waals surface area contributed by atoms with Gasteiger partial charge in [-0.25, -0.2) is 4.98 Å². The van der Waals surface area contributed by atoms with Crippen molar-refractivity contribution in [3.63, 3.8) is 0 Å². The van der Waals surface area contributed by atoms with Crippen molar-refractivity contribution in [3.05, 3.63) is 35.1 Å². The minimum absolute atomic E-state index is 0.0339. The van der Waals surface area contributed by atoms with E-state index in [-0.39, 0.29) is 35.0 Å². The molecule has 3 aliphatic rings. The number of pyridine rings is 1. The first-order chi connectivity index (χ1) is 14.9. The number of hydrogen-bond acceptors (Lipinski definition) is 5. The van der Waals surface area contributed by atoms with Crippen LogP contribution in [0.2, 0.25) is 0 Å². The number of carbonyl (C=O) groups excluding carboxylic acids is 1. The van der Waals surface area contributed by atoms with Gasteiger partial charge < -0.3 is 10.0 Å². The first kappa shape index (κ1) is 21.1. The summed E-state index contributed by atoms with van der Waals surface area (Å²) >= 11 is 1.78. The normalized spacial score (nSPS) is 33.6. The first-order valence-electron chi connectivity index (χ1n) is 11.8. The Kier molecular flexibility index (Phi) is 5.41. The van der Waals surface area contributed by atoms with Gasteiger partial charge in [0.2, 0.25) is 5.91 Å². The van der Waals surface area contributed by atoms with Crippen molar-refractivity contribution in [1.82, 2.24) is 14.9 Å². The van der Waals surface area contributed by atoms with Gasteiger partial charge in [0.05, 0.1) is 11.8 Å². The topological polar surface area (TPSA) is 66.3 Å². The molecule has 5 nitrogen and oxygen atoms in total. The van der Waals surface area contributed by atoms with Crippen molar-refractivity contribution in [2.45, 2.75) is 64.9 Å². The highest BCUT2D eigenvalue weighted by Crippen LogP contribution is 2.57. The Morgan fingerprint density at radius 3 is 2.84 bits per heavy atom. The highest BCUT2D eigenvalue weighted by Gasteiger charge is 2.54. The summed E-state index contributed by atoms with van der Waals surface area (Å²) in [5.74, 6) is 0.472. The van der Waals surface area contributed by atoms with E-state index in [4.69, 9.17) is 4.98 Å². The van der Waals surface area contributed by atoms with Gasteiger partial charge in [0.25, 0.3) is 0 Å². The minimum atomic E-state index is -0.466. The molecule has 1 amide bonds. The lowest BCUT2D eigenvalue weighted by Crippen LogP contribution is -2.53. The van der Waals surface area contributed by atoms with E-state index in [9.17, 15) is 9.90 Å². The number of aliphatic hydroxyl groups excluding tert-OH is 1. The molecule has 0 spiro atoms. The van der Waals surface area contributed by atoms with Gasteiger partial charge in [-0.3, -0.25) is 9.78 Å². The summed E-state index contributed by atoms with van der Waals surface area (Å²) in [6.45, 7) is 8.37. The van der Waals surface area contributed by atoms with E-state index in [0.29, 0.717) is 0 Å². The Morgan fingerprint density at radius 2 is 2.13 bits per heavy atom. The molecule has 0 radical (unpaired) electrons. The van der Waals surface area contributed by atoms with Gasteiger partial charge in [-0.05, 0) is 61.5 Å². The second-order valence-electron chi connectivity index (χ2n) is 10.2. The standard InChI is InChI=1S/C25H33N3O2S/c1-15(24(30)28-11-4-5-12-28)18-8-9-25(3)13-19-21(16(2)20(25)22(18)29)27-23(31-19)17-7-6-10-26-14-17/h6-7,10,14-16,18,20,22,29H,4-5,8-9,11-13H2,1-3H3/t15-,16-,18-,20+,22-,25-/m0/s1. The fourth-order valence-electron chi connectivity index (χ4n) is 6.57. The Morgan fingerprint density at radius 1 is 1.35 bits per heavy atom. The molecule has 31 heavy (non-hydrogen) atoms. The second-order valence-corrected chi connectivity index (χ2v) is 11.3. The molecule has 3 heterocycles. The van der Waals surface area contributed by atoms with Crippen molar-refractivity contribution in [2.24, 2.45) is 23.2 Å². The van der Waals surface area contributed by atoms with E-state index < -0.39 is 6.10 Å². The molecule has 1 aliphatic heterocycles. The van der Waals surface area contributed by atoms with Crippen molar-refractivity contribution < 1.29 is 9.90 Å². The largest absolute Gasteiger partial charge is 0.392 e. The summed E-state index contributed by atoms with van der Waals surface area (Å²) in [7, 11) is 0. The lowest BCUT2D eigenvalue weighted by Gasteiger charge is -2.53. The summed E-state index contributed by atoms with van der Waals surface area (Å²) in [5, 5.41) is 12.6. The Labute approximate surface area is 188 Å². The van der Waals surface area contributed by atoms with Gasteiger partial charge in [-0.2, -0.15) is 0 Å². The Bertz CT molecular complexity index is 955. The molecule has 166 valence electrons. The van der Waals surface area contributed by atoms with Gasteiger partial charge in [0, 0.05) is 47.8 Å². The summed E-state index contributed by atoms with van der Waals surface area (Å²) in [6.07, 6.45) is 8.35. The van der Waals surface area contributed by atoms with Crippen molar-refractivity contribution >= 4 is 17.2 Å². The first-order valence-corrected chi connectivity index (χ1v) is 12.6. The molecule has 0 unspecified atom stereocenters. The smallest absolute Gasteiger partial charge is 0.225 e. The summed E-state index contributed by atoms with van der Waals surface area (Å²) in [5.41, 5.74) is 2.26.